The Morgan fingerprint density at radius 2 is 1.90 bits per heavy atom. The minimum absolute atomic E-state index is 0.0272. The van der Waals surface area contributed by atoms with Gasteiger partial charge in [0.1, 0.15) is 5.82 Å². The van der Waals surface area contributed by atoms with Gasteiger partial charge in [-0.15, -0.1) is 0 Å². The molecule has 2 heterocycles. The number of halogens is 2. The molecular formula is C30H27ClFN3O4. The highest BCUT2D eigenvalue weighted by molar-refractivity contribution is 6.32. The number of fused-ring (bicyclic) bond motifs is 1. The van der Waals surface area contributed by atoms with E-state index in [1.807, 2.05) is 6.07 Å². The molecule has 0 saturated heterocycles. The van der Waals surface area contributed by atoms with Crippen molar-refractivity contribution in [3.05, 3.63) is 76.8 Å². The van der Waals surface area contributed by atoms with Gasteiger partial charge in [-0.05, 0) is 72.4 Å². The number of aromatic nitrogens is 3. The summed E-state index contributed by atoms with van der Waals surface area (Å²) in [5.74, 6) is -0.696. The van der Waals surface area contributed by atoms with Crippen molar-refractivity contribution in [1.82, 2.24) is 14.8 Å². The number of rotatable bonds is 8. The molecule has 0 amide bonds. The average molecular weight is 548 g/mol. The van der Waals surface area contributed by atoms with E-state index in [-0.39, 0.29) is 35.4 Å². The highest BCUT2D eigenvalue weighted by Gasteiger charge is 2.54. The van der Waals surface area contributed by atoms with Gasteiger partial charge < -0.3 is 9.84 Å². The number of ketones is 1. The third-order valence-corrected chi connectivity index (χ3v) is 8.49. The molecule has 2 aliphatic rings. The molecule has 1 N–H and O–H groups in total. The molecule has 2 aliphatic carbocycles. The van der Waals surface area contributed by atoms with Crippen molar-refractivity contribution in [1.29, 1.82) is 0 Å². The maximum atomic E-state index is 15.2. The van der Waals surface area contributed by atoms with Crippen LogP contribution in [0.5, 0.6) is 5.88 Å². The predicted molar refractivity (Wildman–Crippen MR) is 144 cm³/mol. The van der Waals surface area contributed by atoms with Crippen molar-refractivity contribution in [2.45, 2.75) is 38.6 Å². The van der Waals surface area contributed by atoms with Crippen molar-refractivity contribution < 1.29 is 23.8 Å². The summed E-state index contributed by atoms with van der Waals surface area (Å²) in [5.41, 5.74) is 3.15. The molecule has 2 fully saturated rings. The lowest BCUT2D eigenvalue weighted by molar-refractivity contribution is -0.157. The summed E-state index contributed by atoms with van der Waals surface area (Å²) in [4.78, 5) is 28.7. The zero-order valence-corrected chi connectivity index (χ0v) is 22.1. The van der Waals surface area contributed by atoms with Gasteiger partial charge in [-0.1, -0.05) is 23.7 Å². The molecule has 0 atom stereocenters. The number of hydrogen-bond donors (Lipinski definition) is 1. The van der Waals surface area contributed by atoms with E-state index in [1.54, 1.807) is 47.4 Å². The van der Waals surface area contributed by atoms with Crippen molar-refractivity contribution >= 4 is 34.3 Å². The number of carbonyl (C=O) groups excluding carboxylic acids is 1. The maximum absolute atomic E-state index is 15.2. The fourth-order valence-corrected chi connectivity index (χ4v) is 6.65. The third-order valence-electron chi connectivity index (χ3n) is 8.27. The standard InChI is InChI=1S/C30H27ClFN3O4/c1-39-27-9-19(4-5-33-27)18-2-3-20(25(32)8-18)16-35-28-21(15-34-35)7-23(31)10-24(28)26(36)6-17-11-30(12-17)13-22(14-30)29(37)38/h2-5,7-10,15,17,22H,6,11-14,16H2,1H3,(H,37,38). The van der Waals surface area contributed by atoms with E-state index in [1.165, 1.54) is 13.2 Å². The molecule has 6 rings (SSSR count). The number of pyridine rings is 1. The van der Waals surface area contributed by atoms with Crippen LogP contribution in [0.4, 0.5) is 4.39 Å². The lowest BCUT2D eigenvalue weighted by atomic mass is 9.47. The lowest BCUT2D eigenvalue weighted by Crippen LogP contribution is -2.50. The number of carbonyl (C=O) groups is 2. The van der Waals surface area contributed by atoms with E-state index in [0.717, 1.165) is 23.8 Å². The molecule has 1 spiro atoms. The first-order valence-corrected chi connectivity index (χ1v) is 13.3. The molecule has 0 bridgehead atoms. The van der Waals surface area contributed by atoms with Gasteiger partial charge in [-0.25, -0.2) is 9.37 Å². The highest BCUT2D eigenvalue weighted by Crippen LogP contribution is 2.62. The molecule has 0 unspecified atom stereocenters. The molecule has 0 aliphatic heterocycles. The van der Waals surface area contributed by atoms with Crippen LogP contribution in [-0.4, -0.2) is 38.7 Å². The maximum Gasteiger partial charge on any atom is 0.306 e. The molecule has 39 heavy (non-hydrogen) atoms. The normalized spacial score (nSPS) is 21.9. The van der Waals surface area contributed by atoms with E-state index < -0.39 is 5.97 Å². The predicted octanol–water partition coefficient (Wildman–Crippen LogP) is 6.41. The molecule has 2 saturated carbocycles. The van der Waals surface area contributed by atoms with E-state index in [9.17, 15) is 14.7 Å². The van der Waals surface area contributed by atoms with Crippen LogP contribution < -0.4 is 4.74 Å². The Bertz CT molecular complexity index is 1600. The third kappa shape index (κ3) is 4.78. The first-order valence-electron chi connectivity index (χ1n) is 12.9. The minimum Gasteiger partial charge on any atom is -0.481 e. The van der Waals surface area contributed by atoms with Crippen LogP contribution in [0, 0.1) is 23.1 Å². The van der Waals surface area contributed by atoms with Crippen LogP contribution in [0.3, 0.4) is 0 Å². The Labute approximate surface area is 229 Å². The van der Waals surface area contributed by atoms with Crippen LogP contribution in [0.2, 0.25) is 5.02 Å². The number of methoxy groups -OCH3 is 1. The summed E-state index contributed by atoms with van der Waals surface area (Å²) >= 11 is 6.35. The molecule has 200 valence electrons. The Hall–Kier alpha value is -3.78. The second-order valence-corrected chi connectivity index (χ2v) is 11.4. The van der Waals surface area contributed by atoms with Gasteiger partial charge in [0.05, 0.1) is 31.3 Å². The quantitative estimate of drug-likeness (QED) is 0.256. The Morgan fingerprint density at radius 1 is 1.13 bits per heavy atom. The van der Waals surface area contributed by atoms with Gasteiger partial charge in [0, 0.05) is 40.2 Å². The summed E-state index contributed by atoms with van der Waals surface area (Å²) in [5, 5.41) is 14.8. The van der Waals surface area contributed by atoms with Gasteiger partial charge in [-0.2, -0.15) is 5.10 Å². The monoisotopic (exact) mass is 547 g/mol. The molecule has 2 aromatic heterocycles. The number of benzene rings is 2. The first-order chi connectivity index (χ1) is 18.7. The summed E-state index contributed by atoms with van der Waals surface area (Å²) < 4.78 is 22.1. The largest absolute Gasteiger partial charge is 0.481 e. The Kier molecular flexibility index (Phi) is 6.38. The average Bonchev–Trinajstić information content (AvgIpc) is 3.27. The molecule has 4 aromatic rings. The van der Waals surface area contributed by atoms with Crippen LogP contribution in [0.1, 0.15) is 48.0 Å². The molecule has 0 radical (unpaired) electrons. The fourth-order valence-electron chi connectivity index (χ4n) is 6.42. The van der Waals surface area contributed by atoms with Crippen LogP contribution >= 0.6 is 11.6 Å². The number of carboxylic acid groups (broad SMARTS) is 1. The number of nitrogens with zero attached hydrogens (tertiary/aromatic N) is 3. The minimum atomic E-state index is -0.724. The highest BCUT2D eigenvalue weighted by atomic mass is 35.5. The van der Waals surface area contributed by atoms with Gasteiger partial charge in [0.25, 0.3) is 0 Å². The van der Waals surface area contributed by atoms with Crippen molar-refractivity contribution in [3.8, 4) is 17.0 Å². The van der Waals surface area contributed by atoms with Gasteiger partial charge in [-0.3, -0.25) is 14.3 Å². The Balaban J connectivity index is 1.22. The number of hydrogen-bond acceptors (Lipinski definition) is 5. The fraction of sp³-hybridized carbons (Fsp3) is 0.333. The first kappa shape index (κ1) is 25.5. The van der Waals surface area contributed by atoms with E-state index >= 15 is 4.39 Å². The van der Waals surface area contributed by atoms with Crippen LogP contribution in [0.15, 0.2) is 54.9 Å². The van der Waals surface area contributed by atoms with E-state index in [0.29, 0.717) is 52.4 Å². The summed E-state index contributed by atoms with van der Waals surface area (Å²) in [6.45, 7) is 0.153. The number of carboxylic acids is 1. The zero-order chi connectivity index (χ0) is 27.3. The molecule has 2 aromatic carbocycles. The van der Waals surface area contributed by atoms with E-state index in [2.05, 4.69) is 10.1 Å². The van der Waals surface area contributed by atoms with Crippen molar-refractivity contribution in [3.63, 3.8) is 0 Å². The Morgan fingerprint density at radius 3 is 2.62 bits per heavy atom. The van der Waals surface area contributed by atoms with Crippen molar-refractivity contribution in [2.75, 3.05) is 7.11 Å². The van der Waals surface area contributed by atoms with Crippen LogP contribution in [0.25, 0.3) is 22.0 Å². The molecule has 9 heteroatoms. The number of ether oxygens (including phenoxy) is 1. The topological polar surface area (TPSA) is 94.3 Å². The molecule has 7 nitrogen and oxygen atoms in total. The van der Waals surface area contributed by atoms with Gasteiger partial charge >= 0.3 is 5.97 Å². The summed E-state index contributed by atoms with van der Waals surface area (Å²) in [6, 6.07) is 12.0. The van der Waals surface area contributed by atoms with E-state index in [4.69, 9.17) is 16.3 Å². The zero-order valence-electron chi connectivity index (χ0n) is 21.4. The number of aliphatic carboxylic acids is 1. The second kappa shape index (κ2) is 9.75. The lowest BCUT2D eigenvalue weighted by Gasteiger charge is -2.56. The summed E-state index contributed by atoms with van der Waals surface area (Å²) in [6.07, 6.45) is 6.81. The van der Waals surface area contributed by atoms with Crippen LogP contribution in [-0.2, 0) is 11.3 Å². The smallest absolute Gasteiger partial charge is 0.306 e. The molecular weight excluding hydrogens is 521 g/mol. The second-order valence-electron chi connectivity index (χ2n) is 10.9. The van der Waals surface area contributed by atoms with Gasteiger partial charge in [0.2, 0.25) is 5.88 Å². The summed E-state index contributed by atoms with van der Waals surface area (Å²) in [7, 11) is 1.53. The number of Topliss-reactive ketones (excluding diaryl/α,β-unsaturated/α-hetero) is 1. The van der Waals surface area contributed by atoms with Crippen molar-refractivity contribution in [2.24, 2.45) is 17.3 Å². The SMILES string of the molecule is COc1cc(-c2ccc(Cn3ncc4cc(Cl)cc(C(=O)CC5CC6(C5)CC(C(=O)O)C6)c43)c(F)c2)ccn1. The van der Waals surface area contributed by atoms with Gasteiger partial charge in [0.15, 0.2) is 5.78 Å².